The number of carbonyl (C=O) groups is 1. The summed E-state index contributed by atoms with van der Waals surface area (Å²) in [6.07, 6.45) is 1.74. The number of halogens is 2. The number of rotatable bonds is 7. The number of carbonyl (C=O) groups excluding carboxylic acids is 1. The van der Waals surface area contributed by atoms with Crippen LogP contribution in [0.25, 0.3) is 0 Å². The summed E-state index contributed by atoms with van der Waals surface area (Å²) in [5.41, 5.74) is 0. The average molecular weight is 523 g/mol. The predicted octanol–water partition coefficient (Wildman–Crippen LogP) is 3.54. The van der Waals surface area contributed by atoms with E-state index >= 15 is 0 Å². The Balaban J connectivity index is 0.00000392. The molecule has 0 radical (unpaired) electrons. The minimum Gasteiger partial charge on any atom is -0.487 e. The number of hydrogen-bond donors (Lipinski definition) is 2. The van der Waals surface area contributed by atoms with Crippen LogP contribution in [0.4, 0.5) is 0 Å². The highest BCUT2D eigenvalue weighted by atomic mass is 127. The van der Waals surface area contributed by atoms with Crippen LogP contribution in [0.15, 0.2) is 29.3 Å². The fraction of sp³-hybridized carbons (Fsp3) is 0.600. The van der Waals surface area contributed by atoms with Crippen molar-refractivity contribution in [3.05, 3.63) is 29.3 Å². The Hall–Kier alpha value is -1.22. The molecule has 2 unspecified atom stereocenters. The van der Waals surface area contributed by atoms with E-state index in [-0.39, 0.29) is 47.9 Å². The number of nitrogens with zero attached hydrogens (tertiary/aromatic N) is 2. The minimum atomic E-state index is -0.0222. The molecule has 0 aromatic heterocycles. The number of nitrogens with one attached hydrogen (secondary N) is 2. The van der Waals surface area contributed by atoms with Crippen molar-refractivity contribution >= 4 is 47.4 Å². The molecule has 0 spiro atoms. The molecule has 0 aliphatic carbocycles. The van der Waals surface area contributed by atoms with Gasteiger partial charge >= 0.3 is 0 Å². The van der Waals surface area contributed by atoms with E-state index in [0.717, 1.165) is 25.3 Å². The smallest absolute Gasteiger partial charge is 0.225 e. The molecule has 1 aliphatic heterocycles. The molecule has 2 atom stereocenters. The van der Waals surface area contributed by atoms with Crippen LogP contribution in [-0.4, -0.2) is 55.6 Å². The average Bonchev–Trinajstić information content (AvgIpc) is 3.13. The van der Waals surface area contributed by atoms with Gasteiger partial charge in [-0.25, -0.2) is 0 Å². The molecular weight excluding hydrogens is 491 g/mol. The molecule has 2 rings (SSSR count). The lowest BCUT2D eigenvalue weighted by molar-refractivity contribution is -0.133. The quantitative estimate of drug-likeness (QED) is 0.327. The molecule has 1 fully saturated rings. The molecule has 8 heteroatoms. The van der Waals surface area contributed by atoms with Crippen LogP contribution in [-0.2, 0) is 4.79 Å². The monoisotopic (exact) mass is 522 g/mol. The van der Waals surface area contributed by atoms with Crippen LogP contribution in [0.5, 0.6) is 5.75 Å². The number of para-hydroxylation sites is 1. The molecule has 0 saturated carbocycles. The Bertz CT molecular complexity index is 657. The Labute approximate surface area is 190 Å². The van der Waals surface area contributed by atoms with E-state index < -0.39 is 0 Å². The lowest BCUT2D eigenvalue weighted by Crippen LogP contribution is -2.47. The largest absolute Gasteiger partial charge is 0.487 e. The molecular formula is C20H32ClIN4O2. The molecule has 1 amide bonds. The van der Waals surface area contributed by atoms with Gasteiger partial charge in [0.2, 0.25) is 5.91 Å². The van der Waals surface area contributed by atoms with Gasteiger partial charge in [0.15, 0.2) is 5.96 Å². The van der Waals surface area contributed by atoms with E-state index in [1.165, 1.54) is 0 Å². The van der Waals surface area contributed by atoms with Crippen molar-refractivity contribution in [1.82, 2.24) is 15.5 Å². The Morgan fingerprint density at radius 1 is 1.39 bits per heavy atom. The maximum absolute atomic E-state index is 12.1. The first-order valence-corrected chi connectivity index (χ1v) is 9.99. The molecule has 1 aromatic carbocycles. The fourth-order valence-electron chi connectivity index (χ4n) is 3.03. The molecule has 1 saturated heterocycles. The number of amides is 1. The molecule has 158 valence electrons. The summed E-state index contributed by atoms with van der Waals surface area (Å²) in [5, 5.41) is 7.34. The summed E-state index contributed by atoms with van der Waals surface area (Å²) in [7, 11) is 1.75. The van der Waals surface area contributed by atoms with Gasteiger partial charge in [0.25, 0.3) is 0 Å². The zero-order valence-corrected chi connectivity index (χ0v) is 20.2. The summed E-state index contributed by atoms with van der Waals surface area (Å²) in [4.78, 5) is 18.3. The predicted molar refractivity (Wildman–Crippen MR) is 126 cm³/mol. The number of benzene rings is 1. The first kappa shape index (κ1) is 24.8. The van der Waals surface area contributed by atoms with Gasteiger partial charge in [0.1, 0.15) is 11.9 Å². The second-order valence-corrected chi connectivity index (χ2v) is 7.51. The number of likely N-dealkylation sites (tertiary alicyclic amines) is 1. The molecule has 2 N–H and O–H groups in total. The first-order chi connectivity index (χ1) is 12.9. The summed E-state index contributed by atoms with van der Waals surface area (Å²) < 4.78 is 6.00. The van der Waals surface area contributed by atoms with Crippen molar-refractivity contribution in [2.24, 2.45) is 10.9 Å². The van der Waals surface area contributed by atoms with Crippen LogP contribution in [0.2, 0.25) is 5.02 Å². The maximum Gasteiger partial charge on any atom is 0.225 e. The SMILES string of the molecule is CCC(CNC(=NC)NC1CCN(C(=O)C(C)C)C1)Oc1ccccc1Cl.I. The van der Waals surface area contributed by atoms with Crippen LogP contribution >= 0.6 is 35.6 Å². The van der Waals surface area contributed by atoms with Crippen molar-refractivity contribution in [2.45, 2.75) is 45.8 Å². The normalized spacial score (nSPS) is 17.9. The van der Waals surface area contributed by atoms with E-state index in [0.29, 0.717) is 23.9 Å². The zero-order valence-electron chi connectivity index (χ0n) is 17.1. The first-order valence-electron chi connectivity index (χ1n) is 9.61. The zero-order chi connectivity index (χ0) is 19.8. The summed E-state index contributed by atoms with van der Waals surface area (Å²) >= 11 is 6.18. The van der Waals surface area contributed by atoms with Crippen LogP contribution in [0.3, 0.4) is 0 Å². The van der Waals surface area contributed by atoms with Gasteiger partial charge in [-0.1, -0.05) is 44.5 Å². The van der Waals surface area contributed by atoms with E-state index in [1.54, 1.807) is 7.05 Å². The van der Waals surface area contributed by atoms with Gasteiger partial charge in [-0.2, -0.15) is 0 Å². The van der Waals surface area contributed by atoms with Gasteiger partial charge in [0.05, 0.1) is 11.6 Å². The minimum absolute atomic E-state index is 0. The van der Waals surface area contributed by atoms with Crippen LogP contribution in [0.1, 0.15) is 33.6 Å². The summed E-state index contributed by atoms with van der Waals surface area (Å²) in [6.45, 7) is 8.07. The molecule has 1 aromatic rings. The third kappa shape index (κ3) is 7.31. The number of hydrogen-bond acceptors (Lipinski definition) is 3. The van der Waals surface area contributed by atoms with Gasteiger partial charge in [-0.05, 0) is 25.0 Å². The van der Waals surface area contributed by atoms with E-state index in [4.69, 9.17) is 16.3 Å². The molecule has 1 heterocycles. The summed E-state index contributed by atoms with van der Waals surface area (Å²) in [6, 6.07) is 7.70. The number of guanidine groups is 1. The Morgan fingerprint density at radius 2 is 2.11 bits per heavy atom. The fourth-order valence-corrected chi connectivity index (χ4v) is 3.21. The van der Waals surface area contributed by atoms with Gasteiger partial charge < -0.3 is 20.3 Å². The topological polar surface area (TPSA) is 66.0 Å². The van der Waals surface area contributed by atoms with Crippen molar-refractivity contribution in [1.29, 1.82) is 0 Å². The second kappa shape index (κ2) is 12.4. The van der Waals surface area contributed by atoms with Crippen molar-refractivity contribution in [3.8, 4) is 5.75 Å². The highest BCUT2D eigenvalue weighted by molar-refractivity contribution is 14.0. The lowest BCUT2D eigenvalue weighted by Gasteiger charge is -2.22. The van der Waals surface area contributed by atoms with E-state index in [1.807, 2.05) is 43.0 Å². The third-order valence-corrected chi connectivity index (χ3v) is 4.95. The molecule has 6 nitrogen and oxygen atoms in total. The second-order valence-electron chi connectivity index (χ2n) is 7.10. The van der Waals surface area contributed by atoms with Crippen LogP contribution in [0, 0.1) is 5.92 Å². The maximum atomic E-state index is 12.1. The van der Waals surface area contributed by atoms with Crippen molar-refractivity contribution in [2.75, 3.05) is 26.7 Å². The molecule has 28 heavy (non-hydrogen) atoms. The van der Waals surface area contributed by atoms with Crippen molar-refractivity contribution < 1.29 is 9.53 Å². The van der Waals surface area contributed by atoms with E-state index in [2.05, 4.69) is 22.5 Å². The standard InChI is InChI=1S/C20H31ClN4O2.HI/c1-5-16(27-18-9-7-6-8-17(18)21)12-23-20(22-4)24-15-10-11-25(13-15)19(26)14(2)3;/h6-9,14-16H,5,10-13H2,1-4H3,(H2,22,23,24);1H. The number of ether oxygens (including phenoxy) is 1. The van der Waals surface area contributed by atoms with Gasteiger partial charge in [-0.3, -0.25) is 9.79 Å². The highest BCUT2D eigenvalue weighted by Crippen LogP contribution is 2.24. The molecule has 0 bridgehead atoms. The van der Waals surface area contributed by atoms with Gasteiger partial charge in [0, 0.05) is 32.1 Å². The Morgan fingerprint density at radius 3 is 2.71 bits per heavy atom. The molecule has 1 aliphatic rings. The number of aliphatic imine (C=N–C) groups is 1. The highest BCUT2D eigenvalue weighted by Gasteiger charge is 2.28. The van der Waals surface area contributed by atoms with Crippen molar-refractivity contribution in [3.63, 3.8) is 0 Å². The third-order valence-electron chi connectivity index (χ3n) is 4.64. The summed E-state index contributed by atoms with van der Waals surface area (Å²) in [5.74, 6) is 1.66. The van der Waals surface area contributed by atoms with E-state index in [9.17, 15) is 4.79 Å². The van der Waals surface area contributed by atoms with Crippen LogP contribution < -0.4 is 15.4 Å². The van der Waals surface area contributed by atoms with Gasteiger partial charge in [-0.15, -0.1) is 24.0 Å². The lowest BCUT2D eigenvalue weighted by atomic mass is 10.2. The Kier molecular flexibility index (Phi) is 11.0.